The van der Waals surface area contributed by atoms with E-state index >= 15 is 0 Å². The maximum atomic E-state index is 12.5. The van der Waals surface area contributed by atoms with Crippen LogP contribution in [0.15, 0.2) is 48.5 Å². The summed E-state index contributed by atoms with van der Waals surface area (Å²) in [5.41, 5.74) is 3.45. The summed E-state index contributed by atoms with van der Waals surface area (Å²) in [5, 5.41) is 0.553. The molecule has 0 unspecified atom stereocenters. The van der Waals surface area contributed by atoms with Crippen LogP contribution in [0.1, 0.15) is 50.5 Å². The Labute approximate surface area is 180 Å². The van der Waals surface area contributed by atoms with E-state index in [4.69, 9.17) is 21.1 Å². The van der Waals surface area contributed by atoms with Crippen LogP contribution in [0.3, 0.4) is 0 Å². The van der Waals surface area contributed by atoms with Gasteiger partial charge >= 0.3 is 6.09 Å². The van der Waals surface area contributed by atoms with Gasteiger partial charge in [-0.15, -0.1) is 0 Å². The Morgan fingerprint density at radius 1 is 0.800 bits per heavy atom. The molecule has 0 aliphatic rings. The normalized spacial score (nSPS) is 11.4. The van der Waals surface area contributed by atoms with Gasteiger partial charge in [-0.1, -0.05) is 11.6 Å². The van der Waals surface area contributed by atoms with E-state index in [1.807, 2.05) is 0 Å². The van der Waals surface area contributed by atoms with Gasteiger partial charge in [-0.2, -0.15) is 0 Å². The third kappa shape index (κ3) is 6.77. The van der Waals surface area contributed by atoms with Crippen LogP contribution in [-0.2, 0) is 9.53 Å². The Kier molecular flexibility index (Phi) is 7.10. The molecule has 0 saturated carbocycles. The number of ketones is 1. The van der Waals surface area contributed by atoms with Gasteiger partial charge in [-0.3, -0.25) is 15.0 Å². The molecule has 2 N–H and O–H groups in total. The number of hydrogen-bond donors (Lipinski definition) is 2. The Morgan fingerprint density at radius 2 is 1.30 bits per heavy atom. The van der Waals surface area contributed by atoms with E-state index in [0.717, 1.165) is 0 Å². The molecule has 0 saturated heterocycles. The lowest BCUT2D eigenvalue weighted by Gasteiger charge is -2.26. The smallest absolute Gasteiger partial charge is 0.426 e. The molecule has 0 bridgehead atoms. The van der Waals surface area contributed by atoms with Crippen LogP contribution in [0.25, 0.3) is 0 Å². The van der Waals surface area contributed by atoms with Crippen LogP contribution in [0, 0.1) is 0 Å². The third-order valence-electron chi connectivity index (χ3n) is 3.82. The molecule has 7 nitrogen and oxygen atoms in total. The number of amides is 2. The second kappa shape index (κ2) is 9.17. The Balaban J connectivity index is 1.97. The Morgan fingerprint density at radius 3 is 1.80 bits per heavy atom. The number of rotatable bonds is 5. The highest BCUT2D eigenvalue weighted by atomic mass is 35.5. The van der Waals surface area contributed by atoms with Crippen molar-refractivity contribution in [3.8, 4) is 5.75 Å². The molecule has 0 heterocycles. The maximum absolute atomic E-state index is 12.5. The first kappa shape index (κ1) is 23.2. The minimum absolute atomic E-state index is 0.156. The van der Waals surface area contributed by atoms with Gasteiger partial charge in [0.1, 0.15) is 11.4 Å². The molecule has 2 aromatic rings. The van der Waals surface area contributed by atoms with E-state index in [-0.39, 0.29) is 5.78 Å². The highest BCUT2D eigenvalue weighted by Gasteiger charge is 2.31. The van der Waals surface area contributed by atoms with Crippen molar-refractivity contribution in [2.24, 2.45) is 0 Å². The first-order valence-electron chi connectivity index (χ1n) is 9.26. The van der Waals surface area contributed by atoms with Crippen molar-refractivity contribution in [3.05, 3.63) is 64.7 Å². The van der Waals surface area contributed by atoms with Crippen LogP contribution in [0.5, 0.6) is 5.75 Å². The first-order valence-corrected chi connectivity index (χ1v) is 9.64. The van der Waals surface area contributed by atoms with Gasteiger partial charge in [-0.25, -0.2) is 10.2 Å². The monoisotopic (exact) mass is 432 g/mol. The number of hydrogen-bond acceptors (Lipinski definition) is 5. The quantitative estimate of drug-likeness (QED) is 0.543. The van der Waals surface area contributed by atoms with E-state index in [1.54, 1.807) is 83.1 Å². The van der Waals surface area contributed by atoms with E-state index in [1.165, 1.54) is 0 Å². The fraction of sp³-hybridized carbons (Fsp3) is 0.318. The van der Waals surface area contributed by atoms with Crippen molar-refractivity contribution in [3.63, 3.8) is 0 Å². The lowest BCUT2D eigenvalue weighted by molar-refractivity contribution is -0.135. The third-order valence-corrected chi connectivity index (χ3v) is 4.07. The van der Waals surface area contributed by atoms with Crippen LogP contribution in [-0.4, -0.2) is 29.0 Å². The molecule has 0 aliphatic carbocycles. The van der Waals surface area contributed by atoms with Crippen molar-refractivity contribution in [2.75, 3.05) is 0 Å². The van der Waals surface area contributed by atoms with Gasteiger partial charge in [-0.05, 0) is 83.1 Å². The summed E-state index contributed by atoms with van der Waals surface area (Å²) in [6, 6.07) is 13.0. The fourth-order valence-corrected chi connectivity index (χ4v) is 2.47. The first-order chi connectivity index (χ1) is 13.9. The average molecular weight is 433 g/mol. The predicted molar refractivity (Wildman–Crippen MR) is 114 cm³/mol. The molecule has 0 radical (unpaired) electrons. The second-order valence-corrected chi connectivity index (χ2v) is 8.49. The summed E-state index contributed by atoms with van der Waals surface area (Å²) in [7, 11) is 0. The van der Waals surface area contributed by atoms with Crippen LogP contribution in [0.2, 0.25) is 5.02 Å². The molecule has 30 heavy (non-hydrogen) atoms. The fourth-order valence-electron chi connectivity index (χ4n) is 2.35. The van der Waals surface area contributed by atoms with E-state index in [9.17, 15) is 14.4 Å². The number of benzene rings is 2. The van der Waals surface area contributed by atoms with Crippen LogP contribution >= 0.6 is 11.6 Å². The summed E-state index contributed by atoms with van der Waals surface area (Å²) < 4.78 is 10.8. The molecule has 2 rings (SSSR count). The number of carbonyl (C=O) groups excluding carboxylic acids is 3. The summed E-state index contributed by atoms with van der Waals surface area (Å²) in [4.78, 5) is 36.5. The van der Waals surface area contributed by atoms with Crippen LogP contribution < -0.4 is 15.6 Å². The second-order valence-electron chi connectivity index (χ2n) is 8.05. The molecule has 0 atom stereocenters. The zero-order valence-electron chi connectivity index (χ0n) is 17.5. The predicted octanol–water partition coefficient (Wildman–Crippen LogP) is 4.28. The van der Waals surface area contributed by atoms with E-state index in [0.29, 0.717) is 21.9 Å². The highest BCUT2D eigenvalue weighted by Crippen LogP contribution is 2.21. The molecular weight excluding hydrogens is 408 g/mol. The Bertz CT molecular complexity index is 916. The van der Waals surface area contributed by atoms with E-state index in [2.05, 4.69) is 10.9 Å². The van der Waals surface area contributed by atoms with Gasteiger partial charge in [0, 0.05) is 16.1 Å². The molecule has 0 spiro atoms. The molecule has 0 aliphatic heterocycles. The number of halogens is 1. The molecule has 160 valence electrons. The van der Waals surface area contributed by atoms with Gasteiger partial charge in [0.05, 0.1) is 0 Å². The largest absolute Gasteiger partial charge is 0.478 e. The zero-order valence-corrected chi connectivity index (χ0v) is 18.3. The number of ether oxygens (including phenoxy) is 2. The van der Waals surface area contributed by atoms with Gasteiger partial charge < -0.3 is 9.47 Å². The molecular formula is C22H25ClN2O5. The minimum atomic E-state index is -1.29. The van der Waals surface area contributed by atoms with Crippen molar-refractivity contribution in [1.29, 1.82) is 0 Å². The van der Waals surface area contributed by atoms with Crippen molar-refractivity contribution < 1.29 is 23.9 Å². The number of carbonyl (C=O) groups is 3. The molecule has 2 aromatic carbocycles. The van der Waals surface area contributed by atoms with Gasteiger partial charge in [0.15, 0.2) is 11.4 Å². The van der Waals surface area contributed by atoms with Crippen molar-refractivity contribution in [1.82, 2.24) is 10.9 Å². The minimum Gasteiger partial charge on any atom is -0.478 e. The Hall–Kier alpha value is -3.06. The van der Waals surface area contributed by atoms with E-state index < -0.39 is 23.2 Å². The molecule has 0 fully saturated rings. The summed E-state index contributed by atoms with van der Waals surface area (Å²) in [5.74, 6) is -0.341. The van der Waals surface area contributed by atoms with Crippen LogP contribution in [0.4, 0.5) is 4.79 Å². The van der Waals surface area contributed by atoms with Crippen molar-refractivity contribution >= 4 is 29.4 Å². The molecule has 8 heteroatoms. The van der Waals surface area contributed by atoms with Gasteiger partial charge in [0.25, 0.3) is 5.91 Å². The lowest BCUT2D eigenvalue weighted by Crippen LogP contribution is -2.53. The van der Waals surface area contributed by atoms with Crippen molar-refractivity contribution in [2.45, 2.75) is 45.8 Å². The SMILES string of the molecule is CC(C)(C)OC(=O)NNC(=O)C(C)(C)Oc1ccc(C(=O)c2ccc(Cl)cc2)cc1. The lowest BCUT2D eigenvalue weighted by atomic mass is 10.0. The zero-order chi connectivity index (χ0) is 22.5. The summed E-state index contributed by atoms with van der Waals surface area (Å²) in [6.07, 6.45) is -0.781. The standard InChI is InChI=1S/C22H25ClN2O5/c1-21(2,3)30-20(28)25-24-19(27)22(4,5)29-17-12-8-15(9-13-17)18(26)14-6-10-16(23)11-7-14/h6-13H,1-5H3,(H,24,27)(H,25,28). The molecule has 0 aromatic heterocycles. The maximum Gasteiger partial charge on any atom is 0.426 e. The number of hydrazine groups is 1. The topological polar surface area (TPSA) is 93.7 Å². The number of nitrogens with one attached hydrogen (secondary N) is 2. The summed E-state index contributed by atoms with van der Waals surface area (Å²) >= 11 is 5.85. The van der Waals surface area contributed by atoms with Gasteiger partial charge in [0.2, 0.25) is 0 Å². The highest BCUT2D eigenvalue weighted by molar-refractivity contribution is 6.30. The molecule has 2 amide bonds. The average Bonchev–Trinajstić information content (AvgIpc) is 2.65. The summed E-state index contributed by atoms with van der Waals surface area (Å²) in [6.45, 7) is 8.23.